The molecule has 0 bridgehead atoms. The Kier molecular flexibility index (Phi) is 4.61. The number of carbonyl (C=O) groups is 1. The number of rotatable bonds is 4. The van der Waals surface area contributed by atoms with Gasteiger partial charge in [0.25, 0.3) is 5.91 Å². The van der Waals surface area contributed by atoms with Gasteiger partial charge in [-0.2, -0.15) is 0 Å². The smallest absolute Gasteiger partial charge is 0.263 e. The highest BCUT2D eigenvalue weighted by Crippen LogP contribution is 2.17. The molecule has 0 saturated heterocycles. The molecule has 1 aromatic heterocycles. The van der Waals surface area contributed by atoms with Crippen LogP contribution in [0.2, 0.25) is 0 Å². The van der Waals surface area contributed by atoms with E-state index in [0.29, 0.717) is 6.54 Å². The van der Waals surface area contributed by atoms with E-state index in [4.69, 9.17) is 11.6 Å². The van der Waals surface area contributed by atoms with Crippen LogP contribution in [0.3, 0.4) is 0 Å². The molecule has 84 valence electrons. The van der Waals surface area contributed by atoms with E-state index in [-0.39, 0.29) is 11.3 Å². The van der Waals surface area contributed by atoms with Crippen LogP contribution in [0.4, 0.5) is 0 Å². The van der Waals surface area contributed by atoms with E-state index < -0.39 is 0 Å². The first-order valence-electron chi connectivity index (χ1n) is 4.96. The van der Waals surface area contributed by atoms with Crippen molar-refractivity contribution in [2.45, 2.75) is 25.6 Å². The van der Waals surface area contributed by atoms with Gasteiger partial charge in [0.05, 0.1) is 4.88 Å². The number of halogens is 1. The highest BCUT2D eigenvalue weighted by molar-refractivity contribution is 7.13. The van der Waals surface area contributed by atoms with Gasteiger partial charge in [-0.15, -0.1) is 22.9 Å². The normalized spacial score (nSPS) is 12.5. The predicted octanol–water partition coefficient (Wildman–Crippen LogP) is 3.15. The Balaban J connectivity index is 2.53. The molecule has 0 N–H and O–H groups in total. The van der Waals surface area contributed by atoms with E-state index in [1.54, 1.807) is 4.90 Å². The molecule has 0 aliphatic heterocycles. The second kappa shape index (κ2) is 5.52. The Hall–Kier alpha value is -0.540. The van der Waals surface area contributed by atoms with Crippen LogP contribution in [0.15, 0.2) is 12.1 Å². The fourth-order valence-corrected chi connectivity index (χ4v) is 2.17. The van der Waals surface area contributed by atoms with Gasteiger partial charge in [-0.25, -0.2) is 0 Å². The zero-order valence-corrected chi connectivity index (χ0v) is 10.9. The van der Waals surface area contributed by atoms with Gasteiger partial charge in [0.15, 0.2) is 0 Å². The number of alkyl halides is 1. The van der Waals surface area contributed by atoms with E-state index in [1.165, 1.54) is 11.3 Å². The van der Waals surface area contributed by atoms with Crippen molar-refractivity contribution in [2.75, 3.05) is 13.6 Å². The third-order valence-corrected chi connectivity index (χ3v) is 3.37. The summed E-state index contributed by atoms with van der Waals surface area (Å²) in [5.41, 5.74) is 0. The van der Waals surface area contributed by atoms with Crippen LogP contribution in [0.1, 0.15) is 27.9 Å². The molecule has 1 atom stereocenters. The molecule has 1 heterocycles. The highest BCUT2D eigenvalue weighted by Gasteiger charge is 2.13. The summed E-state index contributed by atoms with van der Waals surface area (Å²) < 4.78 is 0. The molecule has 15 heavy (non-hydrogen) atoms. The summed E-state index contributed by atoms with van der Waals surface area (Å²) in [7, 11) is 1.82. The molecule has 0 radical (unpaired) electrons. The summed E-state index contributed by atoms with van der Waals surface area (Å²) in [4.78, 5) is 15.6. The van der Waals surface area contributed by atoms with Crippen LogP contribution >= 0.6 is 22.9 Å². The minimum Gasteiger partial charge on any atom is -0.341 e. The third-order valence-electron chi connectivity index (χ3n) is 2.16. The number of thiophene rings is 1. The maximum atomic E-state index is 11.9. The molecule has 1 aromatic rings. The SMILES string of the molecule is Cc1ccc(C(=O)N(C)CCC(C)Cl)s1. The average Bonchev–Trinajstić information content (AvgIpc) is 2.60. The van der Waals surface area contributed by atoms with Gasteiger partial charge in [-0.3, -0.25) is 4.79 Å². The summed E-state index contributed by atoms with van der Waals surface area (Å²) in [5, 5.41) is 0.116. The summed E-state index contributed by atoms with van der Waals surface area (Å²) in [6.45, 7) is 4.65. The molecule has 1 amide bonds. The molecule has 0 aliphatic carbocycles. The van der Waals surface area contributed by atoms with Crippen molar-refractivity contribution in [1.82, 2.24) is 4.90 Å². The van der Waals surface area contributed by atoms with E-state index in [1.807, 2.05) is 33.0 Å². The lowest BCUT2D eigenvalue weighted by molar-refractivity contribution is 0.0798. The molecule has 4 heteroatoms. The largest absolute Gasteiger partial charge is 0.341 e. The summed E-state index contributed by atoms with van der Waals surface area (Å²) in [5.74, 6) is 0.0883. The molecule has 0 saturated carbocycles. The Morgan fingerprint density at radius 1 is 1.60 bits per heavy atom. The Bertz CT molecular complexity index is 335. The number of aryl methyl sites for hydroxylation is 1. The first-order chi connectivity index (χ1) is 7.00. The molecule has 0 spiro atoms. The first-order valence-corrected chi connectivity index (χ1v) is 6.22. The van der Waals surface area contributed by atoms with Crippen LogP contribution in [0, 0.1) is 6.92 Å². The number of nitrogens with zero attached hydrogens (tertiary/aromatic N) is 1. The molecule has 1 rings (SSSR count). The van der Waals surface area contributed by atoms with Crippen molar-refractivity contribution in [3.63, 3.8) is 0 Å². The van der Waals surface area contributed by atoms with Crippen molar-refractivity contribution < 1.29 is 4.79 Å². The van der Waals surface area contributed by atoms with Gasteiger partial charge >= 0.3 is 0 Å². The Morgan fingerprint density at radius 2 is 2.27 bits per heavy atom. The lowest BCUT2D eigenvalue weighted by Gasteiger charge is -2.16. The Morgan fingerprint density at radius 3 is 2.73 bits per heavy atom. The summed E-state index contributed by atoms with van der Waals surface area (Å²) in [6.07, 6.45) is 0.828. The van der Waals surface area contributed by atoms with Crippen molar-refractivity contribution in [3.05, 3.63) is 21.9 Å². The topological polar surface area (TPSA) is 20.3 Å². The van der Waals surface area contributed by atoms with Gasteiger partial charge in [-0.05, 0) is 32.4 Å². The van der Waals surface area contributed by atoms with E-state index in [2.05, 4.69) is 0 Å². The third kappa shape index (κ3) is 3.84. The van der Waals surface area contributed by atoms with Crippen LogP contribution in [-0.4, -0.2) is 29.8 Å². The first kappa shape index (κ1) is 12.5. The molecule has 0 fully saturated rings. The molecule has 0 aliphatic rings. The zero-order chi connectivity index (χ0) is 11.4. The molecule has 2 nitrogen and oxygen atoms in total. The number of amides is 1. The highest BCUT2D eigenvalue weighted by atomic mass is 35.5. The monoisotopic (exact) mass is 245 g/mol. The van der Waals surface area contributed by atoms with Gasteiger partial charge in [-0.1, -0.05) is 0 Å². The maximum absolute atomic E-state index is 11.9. The second-order valence-corrected chi connectivity index (χ2v) is 5.74. The van der Waals surface area contributed by atoms with E-state index >= 15 is 0 Å². The zero-order valence-electron chi connectivity index (χ0n) is 9.29. The van der Waals surface area contributed by atoms with Gasteiger partial charge in [0.1, 0.15) is 0 Å². The van der Waals surface area contributed by atoms with Crippen LogP contribution in [0.5, 0.6) is 0 Å². The standard InChI is InChI=1S/C11H16ClNOS/c1-8(12)6-7-13(3)11(14)10-5-4-9(2)15-10/h4-5,8H,6-7H2,1-3H3. The van der Waals surface area contributed by atoms with Crippen molar-refractivity contribution in [3.8, 4) is 0 Å². The molecule has 1 unspecified atom stereocenters. The van der Waals surface area contributed by atoms with Crippen LogP contribution < -0.4 is 0 Å². The second-order valence-electron chi connectivity index (χ2n) is 3.71. The van der Waals surface area contributed by atoms with E-state index in [0.717, 1.165) is 16.2 Å². The van der Waals surface area contributed by atoms with Crippen molar-refractivity contribution in [1.29, 1.82) is 0 Å². The lowest BCUT2D eigenvalue weighted by Crippen LogP contribution is -2.28. The summed E-state index contributed by atoms with van der Waals surface area (Å²) >= 11 is 7.38. The molecular formula is C11H16ClNOS. The van der Waals surface area contributed by atoms with Crippen LogP contribution in [-0.2, 0) is 0 Å². The minimum absolute atomic E-state index is 0.0883. The molecule has 0 aromatic carbocycles. The van der Waals surface area contributed by atoms with Crippen molar-refractivity contribution in [2.24, 2.45) is 0 Å². The van der Waals surface area contributed by atoms with Crippen LogP contribution in [0.25, 0.3) is 0 Å². The van der Waals surface area contributed by atoms with Gasteiger partial charge in [0.2, 0.25) is 0 Å². The lowest BCUT2D eigenvalue weighted by atomic mass is 10.3. The number of carbonyl (C=O) groups excluding carboxylic acids is 1. The fourth-order valence-electron chi connectivity index (χ4n) is 1.21. The number of hydrogen-bond donors (Lipinski definition) is 0. The molecular weight excluding hydrogens is 230 g/mol. The van der Waals surface area contributed by atoms with Gasteiger partial charge in [0, 0.05) is 23.8 Å². The Labute approximate surface area is 99.9 Å². The average molecular weight is 246 g/mol. The van der Waals surface area contributed by atoms with Gasteiger partial charge < -0.3 is 4.90 Å². The number of hydrogen-bond acceptors (Lipinski definition) is 2. The van der Waals surface area contributed by atoms with Crippen molar-refractivity contribution >= 4 is 28.8 Å². The fraction of sp³-hybridized carbons (Fsp3) is 0.545. The quantitative estimate of drug-likeness (QED) is 0.747. The van der Waals surface area contributed by atoms with E-state index in [9.17, 15) is 4.79 Å². The maximum Gasteiger partial charge on any atom is 0.263 e. The predicted molar refractivity (Wildman–Crippen MR) is 65.9 cm³/mol. The minimum atomic E-state index is 0.0883. The summed E-state index contributed by atoms with van der Waals surface area (Å²) in [6, 6.07) is 3.85.